The number of hydrogen-bond acceptors (Lipinski definition) is 1. The van der Waals surface area contributed by atoms with Gasteiger partial charge in [-0.1, -0.05) is 72.8 Å². The van der Waals surface area contributed by atoms with E-state index in [4.69, 9.17) is 0 Å². The van der Waals surface area contributed by atoms with Crippen LogP contribution < -0.4 is 5.32 Å². The summed E-state index contributed by atoms with van der Waals surface area (Å²) in [6.45, 7) is 2.29. The van der Waals surface area contributed by atoms with Gasteiger partial charge in [-0.15, -0.1) is 0 Å². The first-order valence-electron chi connectivity index (χ1n) is 7.77. The second kappa shape index (κ2) is 5.03. The predicted octanol–water partition coefficient (Wildman–Crippen LogP) is 5.24. The second-order valence-corrected chi connectivity index (χ2v) is 6.20. The number of hydrogen-bond donors (Lipinski definition) is 1. The van der Waals surface area contributed by atoms with Crippen molar-refractivity contribution >= 4 is 5.69 Å². The number of anilines is 1. The summed E-state index contributed by atoms with van der Waals surface area (Å²) in [5.74, 6) is 0. The topological polar surface area (TPSA) is 12.0 Å². The van der Waals surface area contributed by atoms with Crippen LogP contribution in [0, 0.1) is 0 Å². The van der Waals surface area contributed by atoms with Crippen molar-refractivity contribution in [3.8, 4) is 11.1 Å². The maximum atomic E-state index is 3.80. The molecule has 0 fully saturated rings. The van der Waals surface area contributed by atoms with Crippen molar-refractivity contribution in [2.75, 3.05) is 5.32 Å². The molecule has 0 bridgehead atoms. The molecule has 1 nitrogen and oxygen atoms in total. The van der Waals surface area contributed by atoms with E-state index in [1.807, 2.05) is 0 Å². The van der Waals surface area contributed by atoms with Gasteiger partial charge in [0.25, 0.3) is 0 Å². The monoisotopic (exact) mass is 285 g/mol. The van der Waals surface area contributed by atoms with Crippen LogP contribution in [0.5, 0.6) is 0 Å². The van der Waals surface area contributed by atoms with E-state index in [9.17, 15) is 0 Å². The summed E-state index contributed by atoms with van der Waals surface area (Å²) in [6, 6.07) is 28.1. The van der Waals surface area contributed by atoms with E-state index < -0.39 is 0 Å². The van der Waals surface area contributed by atoms with Crippen LogP contribution in [-0.2, 0) is 12.0 Å². The minimum Gasteiger partial charge on any atom is -0.375 e. The lowest BCUT2D eigenvalue weighted by molar-refractivity contribution is 0.544. The van der Waals surface area contributed by atoms with Crippen molar-refractivity contribution in [1.29, 1.82) is 0 Å². The lowest BCUT2D eigenvalue weighted by atomic mass is 9.85. The molecule has 108 valence electrons. The zero-order chi connectivity index (χ0) is 15.0. The molecule has 22 heavy (non-hydrogen) atoms. The van der Waals surface area contributed by atoms with Gasteiger partial charge >= 0.3 is 0 Å². The number of rotatable bonds is 1. The lowest BCUT2D eigenvalue weighted by Gasteiger charge is -2.31. The Bertz CT molecular complexity index is 757. The molecule has 1 heterocycles. The van der Waals surface area contributed by atoms with E-state index in [2.05, 4.69) is 91.1 Å². The third-order valence-electron chi connectivity index (χ3n) is 4.60. The Kier molecular flexibility index (Phi) is 3.00. The van der Waals surface area contributed by atoms with Crippen molar-refractivity contribution in [2.45, 2.75) is 18.9 Å². The molecule has 1 heteroatoms. The molecular formula is C21H19N. The van der Waals surface area contributed by atoms with Crippen LogP contribution in [-0.4, -0.2) is 0 Å². The SMILES string of the molecule is CC1(c2ccccc2)Cc2ccccc2-c2ccccc2N1. The zero-order valence-corrected chi connectivity index (χ0v) is 12.7. The summed E-state index contributed by atoms with van der Waals surface area (Å²) < 4.78 is 0. The Hall–Kier alpha value is -2.54. The van der Waals surface area contributed by atoms with Crippen LogP contribution in [0.25, 0.3) is 11.1 Å². The normalized spacial score (nSPS) is 19.5. The number of fused-ring (bicyclic) bond motifs is 3. The first kappa shape index (κ1) is 13.1. The molecule has 1 atom stereocenters. The molecule has 0 saturated carbocycles. The summed E-state index contributed by atoms with van der Waals surface area (Å²) in [5.41, 5.74) is 6.44. The first-order chi connectivity index (χ1) is 10.8. The van der Waals surface area contributed by atoms with E-state index in [1.165, 1.54) is 27.9 Å². The van der Waals surface area contributed by atoms with E-state index >= 15 is 0 Å². The standard InChI is InChI=1S/C21H19N/c1-21(17-10-3-2-4-11-17)15-16-9-5-6-12-18(16)19-13-7-8-14-20(19)22-21/h2-14,22H,15H2,1H3. The van der Waals surface area contributed by atoms with Crippen LogP contribution >= 0.6 is 0 Å². The highest BCUT2D eigenvalue weighted by Gasteiger charge is 2.31. The van der Waals surface area contributed by atoms with E-state index in [-0.39, 0.29) is 5.54 Å². The van der Waals surface area contributed by atoms with Crippen LogP contribution in [0.4, 0.5) is 5.69 Å². The van der Waals surface area contributed by atoms with Crippen molar-refractivity contribution in [3.63, 3.8) is 0 Å². The molecule has 0 saturated heterocycles. The largest absolute Gasteiger partial charge is 0.375 e. The highest BCUT2D eigenvalue weighted by atomic mass is 15.0. The molecule has 0 spiro atoms. The van der Waals surface area contributed by atoms with Crippen LogP contribution in [0.1, 0.15) is 18.1 Å². The molecule has 0 aromatic heterocycles. The minimum atomic E-state index is -0.107. The third-order valence-corrected chi connectivity index (χ3v) is 4.60. The van der Waals surface area contributed by atoms with Gasteiger partial charge in [-0.25, -0.2) is 0 Å². The van der Waals surface area contributed by atoms with Gasteiger partial charge in [0.2, 0.25) is 0 Å². The Morgan fingerprint density at radius 2 is 1.36 bits per heavy atom. The quantitative estimate of drug-likeness (QED) is 0.645. The Labute approximate surface area is 131 Å². The molecule has 3 aromatic rings. The smallest absolute Gasteiger partial charge is 0.0637 e. The molecule has 0 amide bonds. The van der Waals surface area contributed by atoms with Gasteiger partial charge in [0.15, 0.2) is 0 Å². The zero-order valence-electron chi connectivity index (χ0n) is 12.7. The van der Waals surface area contributed by atoms with Gasteiger partial charge in [0.05, 0.1) is 5.54 Å². The summed E-state index contributed by atoms with van der Waals surface area (Å²) >= 11 is 0. The Morgan fingerprint density at radius 3 is 2.18 bits per heavy atom. The third kappa shape index (κ3) is 2.10. The summed E-state index contributed by atoms with van der Waals surface area (Å²) in [4.78, 5) is 0. The maximum Gasteiger partial charge on any atom is 0.0637 e. The average molecular weight is 285 g/mol. The van der Waals surface area contributed by atoms with Gasteiger partial charge in [0.1, 0.15) is 0 Å². The van der Waals surface area contributed by atoms with Gasteiger partial charge in [-0.3, -0.25) is 0 Å². The molecule has 4 rings (SSSR count). The summed E-state index contributed by atoms with van der Waals surface area (Å²) in [5, 5.41) is 3.80. The van der Waals surface area contributed by atoms with Crippen molar-refractivity contribution < 1.29 is 0 Å². The molecule has 3 aromatic carbocycles. The Balaban J connectivity index is 1.94. The number of benzene rings is 3. The van der Waals surface area contributed by atoms with Crippen molar-refractivity contribution in [1.82, 2.24) is 0 Å². The number of para-hydroxylation sites is 1. The van der Waals surface area contributed by atoms with E-state index in [1.54, 1.807) is 0 Å². The minimum absolute atomic E-state index is 0.107. The molecule has 1 unspecified atom stereocenters. The van der Waals surface area contributed by atoms with Crippen molar-refractivity contribution in [3.05, 3.63) is 90.0 Å². The maximum absolute atomic E-state index is 3.80. The predicted molar refractivity (Wildman–Crippen MR) is 93.0 cm³/mol. The molecule has 0 radical (unpaired) electrons. The average Bonchev–Trinajstić information content (AvgIpc) is 2.70. The van der Waals surface area contributed by atoms with Crippen LogP contribution in [0.3, 0.4) is 0 Å². The van der Waals surface area contributed by atoms with Gasteiger partial charge in [0, 0.05) is 11.3 Å². The van der Waals surface area contributed by atoms with E-state index in [0.29, 0.717) is 0 Å². The van der Waals surface area contributed by atoms with Gasteiger partial charge in [-0.05, 0) is 36.1 Å². The lowest BCUT2D eigenvalue weighted by Crippen LogP contribution is -2.33. The van der Waals surface area contributed by atoms with E-state index in [0.717, 1.165) is 6.42 Å². The fraction of sp³-hybridized carbons (Fsp3) is 0.143. The van der Waals surface area contributed by atoms with Crippen molar-refractivity contribution in [2.24, 2.45) is 0 Å². The summed E-state index contributed by atoms with van der Waals surface area (Å²) in [7, 11) is 0. The summed E-state index contributed by atoms with van der Waals surface area (Å²) in [6.07, 6.45) is 0.974. The highest BCUT2D eigenvalue weighted by molar-refractivity contribution is 5.82. The van der Waals surface area contributed by atoms with Crippen LogP contribution in [0.2, 0.25) is 0 Å². The Morgan fingerprint density at radius 1 is 0.727 bits per heavy atom. The first-order valence-corrected chi connectivity index (χ1v) is 7.77. The molecule has 0 aliphatic carbocycles. The molecule has 1 aliphatic heterocycles. The fourth-order valence-corrected chi connectivity index (χ4v) is 3.47. The number of nitrogens with one attached hydrogen (secondary N) is 1. The molecule has 1 N–H and O–H groups in total. The fourth-order valence-electron chi connectivity index (χ4n) is 3.47. The van der Waals surface area contributed by atoms with Gasteiger partial charge < -0.3 is 5.32 Å². The highest BCUT2D eigenvalue weighted by Crippen LogP contribution is 2.41. The van der Waals surface area contributed by atoms with Gasteiger partial charge in [-0.2, -0.15) is 0 Å². The molecule has 1 aliphatic rings. The molecular weight excluding hydrogens is 266 g/mol. The second-order valence-electron chi connectivity index (χ2n) is 6.20. The van der Waals surface area contributed by atoms with Crippen LogP contribution in [0.15, 0.2) is 78.9 Å².